The number of carbonyl (C=O) groups excluding carboxylic acids is 3. The lowest BCUT2D eigenvalue weighted by atomic mass is 9.94. The number of rotatable bonds is 16. The first-order valence-electron chi connectivity index (χ1n) is 16.9. The third kappa shape index (κ3) is 11.6. The highest BCUT2D eigenvalue weighted by molar-refractivity contribution is 5.99. The molecule has 3 N–H and O–H groups in total. The predicted molar refractivity (Wildman–Crippen MR) is 190 cm³/mol. The van der Waals surface area contributed by atoms with Gasteiger partial charge >= 0.3 is 6.09 Å². The Kier molecular flexibility index (Phi) is 14.3. The number of methoxy groups -OCH3 is 1. The van der Waals surface area contributed by atoms with Gasteiger partial charge in [0.1, 0.15) is 29.2 Å². The number of unbranched alkanes of at least 4 members (excludes halogenated alkanes) is 5. The number of aromatic hydroxyl groups is 1. The van der Waals surface area contributed by atoms with Crippen LogP contribution in [0.5, 0.6) is 11.5 Å². The molecule has 0 bridgehead atoms. The second-order valence-electron chi connectivity index (χ2n) is 13.3. The lowest BCUT2D eigenvalue weighted by Gasteiger charge is -2.35. The van der Waals surface area contributed by atoms with Crippen molar-refractivity contribution in [3.8, 4) is 11.5 Å². The van der Waals surface area contributed by atoms with E-state index in [4.69, 9.17) is 9.47 Å². The summed E-state index contributed by atoms with van der Waals surface area (Å²) in [6.07, 6.45) is 5.38. The number of phenols is 1. The summed E-state index contributed by atoms with van der Waals surface area (Å²) >= 11 is 0. The summed E-state index contributed by atoms with van der Waals surface area (Å²) < 4.78 is 10.9. The number of ether oxygens (including phenoxy) is 2. The molecule has 0 aliphatic rings. The van der Waals surface area contributed by atoms with Crippen LogP contribution in [0, 0.1) is 13.8 Å². The second-order valence-corrected chi connectivity index (χ2v) is 13.3. The zero-order valence-corrected chi connectivity index (χ0v) is 29.6. The Balaban J connectivity index is 2.09. The molecule has 0 saturated carbocycles. The number of carbonyl (C=O) groups is 3. The van der Waals surface area contributed by atoms with Gasteiger partial charge in [0.15, 0.2) is 0 Å². The van der Waals surface area contributed by atoms with Gasteiger partial charge in [-0.05, 0) is 99.7 Å². The van der Waals surface area contributed by atoms with Crippen molar-refractivity contribution >= 4 is 23.6 Å². The molecular weight excluding hydrogens is 606 g/mol. The van der Waals surface area contributed by atoms with Crippen LogP contribution < -0.4 is 15.4 Å². The highest BCUT2D eigenvalue weighted by Gasteiger charge is 2.37. The molecule has 0 fully saturated rings. The van der Waals surface area contributed by atoms with E-state index in [2.05, 4.69) is 17.6 Å². The number of alkyl carbamates (subject to hydrolysis) is 1. The molecule has 0 aliphatic carbocycles. The van der Waals surface area contributed by atoms with Gasteiger partial charge in [0.25, 0.3) is 5.91 Å². The Morgan fingerprint density at radius 2 is 1.52 bits per heavy atom. The minimum absolute atomic E-state index is 0.0941. The fourth-order valence-corrected chi connectivity index (χ4v) is 5.55. The van der Waals surface area contributed by atoms with Gasteiger partial charge in [-0.15, -0.1) is 0 Å². The van der Waals surface area contributed by atoms with Crippen LogP contribution in [0.4, 0.5) is 10.5 Å². The van der Waals surface area contributed by atoms with Crippen LogP contribution in [0.2, 0.25) is 0 Å². The number of hydrogen-bond donors (Lipinski definition) is 3. The van der Waals surface area contributed by atoms with Crippen LogP contribution in [0.1, 0.15) is 94.5 Å². The Labute approximate surface area is 286 Å². The summed E-state index contributed by atoms with van der Waals surface area (Å²) in [4.78, 5) is 44.0. The molecule has 9 nitrogen and oxygen atoms in total. The number of aryl methyl sites for hydroxylation is 1. The molecule has 3 aromatic carbocycles. The Bertz CT molecular complexity index is 1480. The molecule has 0 aliphatic heterocycles. The van der Waals surface area contributed by atoms with E-state index in [-0.39, 0.29) is 18.1 Å². The fraction of sp³-hybridized carbons (Fsp3) is 0.462. The number of anilines is 1. The summed E-state index contributed by atoms with van der Waals surface area (Å²) in [6, 6.07) is 17.3. The molecule has 0 radical (unpaired) electrons. The molecule has 3 rings (SSSR count). The quantitative estimate of drug-likeness (QED) is 0.134. The minimum atomic E-state index is -1.05. The van der Waals surface area contributed by atoms with Gasteiger partial charge in [-0.3, -0.25) is 9.59 Å². The number of nitrogens with zero attached hydrogens (tertiary/aromatic N) is 1. The lowest BCUT2D eigenvalue weighted by molar-refractivity contribution is -0.140. The maximum absolute atomic E-state index is 14.8. The van der Waals surface area contributed by atoms with Crippen LogP contribution in [0.3, 0.4) is 0 Å². The van der Waals surface area contributed by atoms with Crippen LogP contribution in [0.15, 0.2) is 66.7 Å². The van der Waals surface area contributed by atoms with E-state index in [9.17, 15) is 19.5 Å². The van der Waals surface area contributed by atoms with Crippen LogP contribution in [0.25, 0.3) is 0 Å². The largest absolute Gasteiger partial charge is 0.508 e. The van der Waals surface area contributed by atoms with E-state index >= 15 is 0 Å². The zero-order chi connectivity index (χ0) is 35.3. The summed E-state index contributed by atoms with van der Waals surface area (Å²) in [7, 11) is 1.58. The number of nitrogens with one attached hydrogen (secondary N) is 2. The number of benzene rings is 3. The first-order chi connectivity index (χ1) is 22.8. The molecule has 9 heteroatoms. The van der Waals surface area contributed by atoms with Gasteiger partial charge in [-0.1, -0.05) is 69.4 Å². The minimum Gasteiger partial charge on any atom is -0.508 e. The van der Waals surface area contributed by atoms with Gasteiger partial charge in [0.05, 0.1) is 7.11 Å². The van der Waals surface area contributed by atoms with Crippen molar-refractivity contribution in [3.05, 3.63) is 89.0 Å². The summed E-state index contributed by atoms with van der Waals surface area (Å²) in [6.45, 7) is 11.7. The Morgan fingerprint density at radius 3 is 2.15 bits per heavy atom. The van der Waals surface area contributed by atoms with Crippen molar-refractivity contribution in [2.24, 2.45) is 0 Å². The maximum atomic E-state index is 14.8. The Hall–Kier alpha value is -4.53. The summed E-state index contributed by atoms with van der Waals surface area (Å²) in [5.41, 5.74) is 3.12. The molecule has 2 atom stereocenters. The van der Waals surface area contributed by atoms with E-state index in [0.29, 0.717) is 30.0 Å². The van der Waals surface area contributed by atoms with Crippen LogP contribution >= 0.6 is 0 Å². The molecule has 3 amide bonds. The topological polar surface area (TPSA) is 117 Å². The monoisotopic (exact) mass is 659 g/mol. The number of amides is 3. The van der Waals surface area contributed by atoms with Crippen molar-refractivity contribution in [1.82, 2.24) is 10.2 Å². The van der Waals surface area contributed by atoms with Crippen LogP contribution in [-0.4, -0.2) is 53.2 Å². The SMILES string of the molecule is CCCCCCCCN(C(=O)C(Cc1ccc(O)cc1)NC(=O)OC(C)(C)C)C(C(=O)Nc1ccc(OC)cc1)c1cccc(C)c1C. The van der Waals surface area contributed by atoms with Gasteiger partial charge < -0.3 is 30.1 Å². The molecule has 0 aromatic heterocycles. The Morgan fingerprint density at radius 1 is 0.875 bits per heavy atom. The molecule has 48 heavy (non-hydrogen) atoms. The van der Waals surface area contributed by atoms with Crippen molar-refractivity contribution < 1.29 is 29.0 Å². The number of phenolic OH excluding ortho intramolecular Hbond substituents is 1. The van der Waals surface area contributed by atoms with E-state index in [0.717, 1.165) is 48.8 Å². The normalized spacial score (nSPS) is 12.5. The lowest BCUT2D eigenvalue weighted by Crippen LogP contribution is -2.53. The first-order valence-corrected chi connectivity index (χ1v) is 16.9. The van der Waals surface area contributed by atoms with E-state index in [1.165, 1.54) is 0 Å². The smallest absolute Gasteiger partial charge is 0.408 e. The average Bonchev–Trinajstić information content (AvgIpc) is 3.03. The van der Waals surface area contributed by atoms with Crippen LogP contribution in [-0.2, 0) is 20.7 Å². The molecule has 3 aromatic rings. The standard InChI is InChI=1S/C39H53N3O6/c1-8-9-10-11-12-13-25-42(37(45)34(41-38(46)48-39(4,5)6)26-29-17-21-31(43)22-18-29)35(33-16-14-15-27(2)28(33)3)36(44)40-30-19-23-32(47-7)24-20-30/h14-24,34-35,43H,8-13,25-26H2,1-7H3,(H,40,44)(H,41,46). The summed E-state index contributed by atoms with van der Waals surface area (Å²) in [5.74, 6) is -0.0204. The zero-order valence-electron chi connectivity index (χ0n) is 29.6. The highest BCUT2D eigenvalue weighted by Crippen LogP contribution is 2.30. The predicted octanol–water partition coefficient (Wildman–Crippen LogP) is 8.02. The fourth-order valence-electron chi connectivity index (χ4n) is 5.55. The van der Waals surface area contributed by atoms with Gasteiger partial charge in [0.2, 0.25) is 5.91 Å². The molecule has 0 spiro atoms. The maximum Gasteiger partial charge on any atom is 0.408 e. The third-order valence-corrected chi connectivity index (χ3v) is 8.26. The molecule has 0 saturated heterocycles. The van der Waals surface area contributed by atoms with Crippen molar-refractivity contribution in [2.75, 3.05) is 19.0 Å². The van der Waals surface area contributed by atoms with Gasteiger partial charge in [0, 0.05) is 18.7 Å². The second kappa shape index (κ2) is 18.1. The average molecular weight is 660 g/mol. The summed E-state index contributed by atoms with van der Waals surface area (Å²) in [5, 5.41) is 15.7. The van der Waals surface area contributed by atoms with Gasteiger partial charge in [-0.2, -0.15) is 0 Å². The van der Waals surface area contributed by atoms with E-state index in [1.54, 1.807) is 81.3 Å². The first kappa shape index (κ1) is 37.9. The van der Waals surface area contributed by atoms with Crippen molar-refractivity contribution in [3.63, 3.8) is 0 Å². The highest BCUT2D eigenvalue weighted by atomic mass is 16.6. The van der Waals surface area contributed by atoms with E-state index in [1.807, 2.05) is 32.0 Å². The molecular formula is C39H53N3O6. The van der Waals surface area contributed by atoms with Gasteiger partial charge in [-0.25, -0.2) is 4.79 Å². The van der Waals surface area contributed by atoms with Crippen molar-refractivity contribution in [1.29, 1.82) is 0 Å². The third-order valence-electron chi connectivity index (χ3n) is 8.26. The molecule has 260 valence electrons. The molecule has 0 heterocycles. The van der Waals surface area contributed by atoms with Crippen molar-refractivity contribution in [2.45, 2.75) is 104 Å². The molecule has 2 unspecified atom stereocenters. The number of hydrogen-bond acceptors (Lipinski definition) is 6. The van der Waals surface area contributed by atoms with E-state index < -0.39 is 29.7 Å².